The summed E-state index contributed by atoms with van der Waals surface area (Å²) in [4.78, 5) is 27.3. The van der Waals surface area contributed by atoms with Crippen LogP contribution in [0.25, 0.3) is 21.3 Å². The van der Waals surface area contributed by atoms with Crippen LogP contribution in [0.1, 0.15) is 29.9 Å². The Balaban J connectivity index is 1.88. The first-order valence-electron chi connectivity index (χ1n) is 9.96. The maximum atomic E-state index is 11.7. The summed E-state index contributed by atoms with van der Waals surface area (Å²) in [7, 11) is 0. The molecule has 0 saturated carbocycles. The van der Waals surface area contributed by atoms with Crippen LogP contribution in [0.3, 0.4) is 0 Å². The summed E-state index contributed by atoms with van der Waals surface area (Å²) in [5, 5.41) is 1.35. The summed E-state index contributed by atoms with van der Waals surface area (Å²) in [6, 6.07) is 6.62. The molecule has 1 saturated heterocycles. The number of thiophene rings is 1. The second-order valence-corrected chi connectivity index (χ2v) is 8.96. The van der Waals surface area contributed by atoms with Crippen molar-refractivity contribution >= 4 is 44.9 Å². The topological polar surface area (TPSA) is 49.3 Å². The van der Waals surface area contributed by atoms with E-state index in [1.165, 1.54) is 27.1 Å². The molecule has 1 amide bonds. The molecule has 1 aromatic carbocycles. The molecule has 0 radical (unpaired) electrons. The van der Waals surface area contributed by atoms with Crippen molar-refractivity contribution in [2.75, 3.05) is 31.1 Å². The summed E-state index contributed by atoms with van der Waals surface area (Å²) < 4.78 is 0. The van der Waals surface area contributed by atoms with Gasteiger partial charge in [-0.1, -0.05) is 25.1 Å². The summed E-state index contributed by atoms with van der Waals surface area (Å²) in [5.74, 6) is 1.00. The number of carbonyl (C=O) groups excluding carboxylic acids is 1. The Morgan fingerprint density at radius 3 is 2.48 bits per heavy atom. The van der Waals surface area contributed by atoms with E-state index in [9.17, 15) is 4.79 Å². The maximum absolute atomic E-state index is 11.7. The highest BCUT2D eigenvalue weighted by Gasteiger charge is 2.26. The fourth-order valence-electron chi connectivity index (χ4n) is 3.92. The zero-order valence-corrected chi connectivity index (χ0v) is 18.8. The number of amides is 1. The zero-order valence-electron chi connectivity index (χ0n) is 17.3. The van der Waals surface area contributed by atoms with Crippen molar-refractivity contribution in [2.45, 2.75) is 34.1 Å². The number of fused-ring (bicyclic) bond motifs is 1. The smallest absolute Gasteiger partial charge is 0.225 e. The minimum atomic E-state index is 0.120. The lowest BCUT2D eigenvalue weighted by atomic mass is 9.98. The van der Waals surface area contributed by atoms with E-state index in [0.29, 0.717) is 13.1 Å². The number of benzene rings is 1. The molecule has 0 spiro atoms. The normalized spacial score (nSPS) is 14.7. The fraction of sp³-hybridized carbons (Fsp3) is 0.409. The summed E-state index contributed by atoms with van der Waals surface area (Å²) in [6.07, 6.45) is 0.929. The van der Waals surface area contributed by atoms with E-state index in [2.05, 4.69) is 53.8 Å². The number of hydrogen-bond donors (Lipinski definition) is 0. The number of anilines is 1. The lowest BCUT2D eigenvalue weighted by Gasteiger charge is -2.35. The molecule has 2 aromatic heterocycles. The molecular formula is C22H25ClN4OS. The van der Waals surface area contributed by atoms with Crippen LogP contribution < -0.4 is 4.90 Å². The molecule has 0 N–H and O–H groups in total. The van der Waals surface area contributed by atoms with Gasteiger partial charge < -0.3 is 9.80 Å². The molecule has 29 heavy (non-hydrogen) atoms. The Bertz CT molecular complexity index is 1090. The lowest BCUT2D eigenvalue weighted by Crippen LogP contribution is -2.48. The third kappa shape index (κ3) is 3.71. The van der Waals surface area contributed by atoms with Crippen molar-refractivity contribution in [1.29, 1.82) is 0 Å². The number of hydrogen-bond acceptors (Lipinski definition) is 5. The second-order valence-electron chi connectivity index (χ2n) is 7.54. The average Bonchev–Trinajstić information content (AvgIpc) is 3.07. The van der Waals surface area contributed by atoms with Crippen LogP contribution in [-0.2, 0) is 11.2 Å². The number of carbonyl (C=O) groups is 1. The van der Waals surface area contributed by atoms with E-state index in [1.807, 2.05) is 4.90 Å². The third-order valence-corrected chi connectivity index (χ3v) is 7.12. The van der Waals surface area contributed by atoms with Gasteiger partial charge >= 0.3 is 0 Å². The van der Waals surface area contributed by atoms with Gasteiger partial charge in [-0.05, 0) is 48.6 Å². The van der Waals surface area contributed by atoms with Gasteiger partial charge in [0.25, 0.3) is 0 Å². The minimum Gasteiger partial charge on any atom is -0.352 e. The molecule has 3 aromatic rings. The highest BCUT2D eigenvalue weighted by atomic mass is 35.5. The van der Waals surface area contributed by atoms with Crippen molar-refractivity contribution in [3.05, 3.63) is 39.5 Å². The Labute approximate surface area is 180 Å². The Morgan fingerprint density at radius 1 is 1.14 bits per heavy atom. The van der Waals surface area contributed by atoms with Crippen LogP contribution in [0.2, 0.25) is 5.28 Å². The van der Waals surface area contributed by atoms with Crippen molar-refractivity contribution < 1.29 is 4.79 Å². The van der Waals surface area contributed by atoms with Gasteiger partial charge in [0, 0.05) is 43.5 Å². The van der Waals surface area contributed by atoms with Gasteiger partial charge in [0.2, 0.25) is 11.2 Å². The first kappa shape index (κ1) is 20.1. The van der Waals surface area contributed by atoms with Crippen LogP contribution >= 0.6 is 22.9 Å². The Hall–Kier alpha value is -2.18. The predicted octanol–water partition coefficient (Wildman–Crippen LogP) is 4.86. The molecule has 1 aliphatic rings. The number of aryl methyl sites for hydroxylation is 3. The van der Waals surface area contributed by atoms with Gasteiger partial charge in [-0.2, -0.15) is 4.98 Å². The van der Waals surface area contributed by atoms with Crippen molar-refractivity contribution in [2.24, 2.45) is 0 Å². The summed E-state index contributed by atoms with van der Waals surface area (Å²) >= 11 is 8.01. The minimum absolute atomic E-state index is 0.120. The van der Waals surface area contributed by atoms with E-state index < -0.39 is 0 Å². The molecule has 4 rings (SSSR count). The molecular weight excluding hydrogens is 404 g/mol. The second kappa shape index (κ2) is 7.92. The number of piperazine rings is 1. The maximum Gasteiger partial charge on any atom is 0.225 e. The quantitative estimate of drug-likeness (QED) is 0.559. The van der Waals surface area contributed by atoms with Gasteiger partial charge in [-0.3, -0.25) is 4.79 Å². The number of rotatable bonds is 3. The monoisotopic (exact) mass is 428 g/mol. The lowest BCUT2D eigenvalue weighted by molar-refractivity contribution is -0.129. The first-order chi connectivity index (χ1) is 13.9. The van der Waals surface area contributed by atoms with E-state index in [0.717, 1.165) is 35.5 Å². The molecule has 7 heteroatoms. The van der Waals surface area contributed by atoms with Gasteiger partial charge in [0.15, 0.2) is 0 Å². The highest BCUT2D eigenvalue weighted by molar-refractivity contribution is 7.19. The van der Waals surface area contributed by atoms with E-state index >= 15 is 0 Å². The van der Waals surface area contributed by atoms with Crippen molar-refractivity contribution in [3.63, 3.8) is 0 Å². The van der Waals surface area contributed by atoms with Crippen molar-refractivity contribution in [3.8, 4) is 11.1 Å². The van der Waals surface area contributed by atoms with Crippen LogP contribution in [0.4, 0.5) is 5.82 Å². The van der Waals surface area contributed by atoms with Crippen LogP contribution in [0.5, 0.6) is 0 Å². The highest BCUT2D eigenvalue weighted by Crippen LogP contribution is 2.43. The fourth-order valence-corrected chi connectivity index (χ4v) is 5.26. The van der Waals surface area contributed by atoms with Gasteiger partial charge in [-0.25, -0.2) is 4.98 Å². The number of aromatic nitrogens is 2. The molecule has 152 valence electrons. The summed E-state index contributed by atoms with van der Waals surface area (Å²) in [6.45, 7) is 11.0. The molecule has 3 heterocycles. The summed E-state index contributed by atoms with van der Waals surface area (Å²) in [5.41, 5.74) is 4.98. The van der Waals surface area contributed by atoms with Crippen molar-refractivity contribution in [1.82, 2.24) is 14.9 Å². The van der Waals surface area contributed by atoms with Gasteiger partial charge in [0.1, 0.15) is 10.6 Å². The molecule has 0 atom stereocenters. The predicted molar refractivity (Wildman–Crippen MR) is 121 cm³/mol. The SMILES string of the molecule is CCc1sc2nc(Cl)nc(N3CCN(C(C)=O)CC3)c2c1-c1ccc(C)c(C)c1. The first-order valence-corrected chi connectivity index (χ1v) is 11.2. The molecule has 1 aliphatic heterocycles. The van der Waals surface area contributed by atoms with E-state index in [4.69, 9.17) is 11.6 Å². The van der Waals surface area contributed by atoms with E-state index in [-0.39, 0.29) is 11.2 Å². The zero-order chi connectivity index (χ0) is 20.7. The van der Waals surface area contributed by atoms with Crippen LogP contribution in [0, 0.1) is 13.8 Å². The standard InChI is InChI=1S/C22H25ClN4OS/c1-5-17-18(16-7-6-13(2)14(3)12-16)19-20(24-22(23)25-21(19)29-17)27-10-8-26(9-11-27)15(4)28/h6-7,12H,5,8-11H2,1-4H3. The Morgan fingerprint density at radius 2 is 1.86 bits per heavy atom. The Kier molecular flexibility index (Phi) is 5.49. The third-order valence-electron chi connectivity index (χ3n) is 5.72. The van der Waals surface area contributed by atoms with Gasteiger partial charge in [0.05, 0.1) is 5.39 Å². The molecule has 5 nitrogen and oxygen atoms in total. The largest absolute Gasteiger partial charge is 0.352 e. The van der Waals surface area contributed by atoms with Crippen LogP contribution in [-0.4, -0.2) is 47.0 Å². The van der Waals surface area contributed by atoms with Crippen LogP contribution in [0.15, 0.2) is 18.2 Å². The molecule has 0 unspecified atom stereocenters. The van der Waals surface area contributed by atoms with Gasteiger partial charge in [-0.15, -0.1) is 11.3 Å². The molecule has 0 bridgehead atoms. The average molecular weight is 429 g/mol. The van der Waals surface area contributed by atoms with E-state index in [1.54, 1.807) is 18.3 Å². The number of halogens is 1. The number of nitrogens with zero attached hydrogens (tertiary/aromatic N) is 4. The molecule has 1 fully saturated rings. The molecule has 0 aliphatic carbocycles.